The number of carboxylic acid groups (broad SMARTS) is 2. The lowest BCUT2D eigenvalue weighted by Crippen LogP contribution is -2.49. The first kappa shape index (κ1) is 24.5. The first-order valence-corrected chi connectivity index (χ1v) is 13.1. The molecule has 0 saturated heterocycles. The van der Waals surface area contributed by atoms with Crippen LogP contribution < -0.4 is 0 Å². The zero-order valence-electron chi connectivity index (χ0n) is 21.9. The van der Waals surface area contributed by atoms with Crippen LogP contribution in [0, 0.1) is 0 Å². The Bertz CT molecular complexity index is 1880. The standard InChI is InChI=1S/C32H24O8/c1-4-30(2)18-10-8-17-22-16(26(33)40-27(17)34)6-5-14(23(18)22)15-7-9-20-25-21(12-11-19(30)24(15)25)32(39,29(37)38)13-31(20,3)28(35)36/h5-12,39H,4,13H2,1-3H3,(H,35,36)(H,37,38). The van der Waals surface area contributed by atoms with Crippen LogP contribution >= 0.6 is 0 Å². The average Bonchev–Trinajstić information content (AvgIpc) is 3.01. The summed E-state index contributed by atoms with van der Waals surface area (Å²) in [5, 5.41) is 34.4. The molecule has 0 amide bonds. The number of carboxylic acids is 2. The summed E-state index contributed by atoms with van der Waals surface area (Å²) in [7, 11) is 0. The average molecular weight is 537 g/mol. The van der Waals surface area contributed by atoms with Gasteiger partial charge in [0, 0.05) is 22.8 Å². The molecule has 1 aliphatic heterocycles. The van der Waals surface area contributed by atoms with Gasteiger partial charge in [0.2, 0.25) is 0 Å². The number of hydrogen-bond donors (Lipinski definition) is 3. The molecular weight excluding hydrogens is 512 g/mol. The number of aliphatic carboxylic acids is 2. The Balaban J connectivity index is 1.74. The molecule has 3 aliphatic rings. The van der Waals surface area contributed by atoms with E-state index >= 15 is 0 Å². The molecule has 3 unspecified atom stereocenters. The largest absolute Gasteiger partial charge is 0.481 e. The normalized spacial score (nSPS) is 26.0. The second-order valence-corrected chi connectivity index (χ2v) is 11.5. The van der Waals surface area contributed by atoms with Crippen molar-refractivity contribution < 1.29 is 39.2 Å². The lowest BCUT2D eigenvalue weighted by molar-refractivity contribution is -0.165. The van der Waals surface area contributed by atoms with Crippen LogP contribution in [0.2, 0.25) is 0 Å². The van der Waals surface area contributed by atoms with Gasteiger partial charge in [0.05, 0.1) is 16.5 Å². The Hall–Kier alpha value is -4.56. The van der Waals surface area contributed by atoms with Gasteiger partial charge in [-0.25, -0.2) is 14.4 Å². The van der Waals surface area contributed by atoms with Gasteiger partial charge in [-0.05, 0) is 69.5 Å². The summed E-state index contributed by atoms with van der Waals surface area (Å²) in [6.45, 7) is 5.51. The number of aliphatic hydroxyl groups is 1. The highest BCUT2D eigenvalue weighted by Gasteiger charge is 2.55. The fourth-order valence-corrected chi connectivity index (χ4v) is 7.31. The Labute approximate surface area is 227 Å². The number of hydrogen-bond acceptors (Lipinski definition) is 6. The van der Waals surface area contributed by atoms with Gasteiger partial charge in [-0.1, -0.05) is 50.2 Å². The Kier molecular flexibility index (Phi) is 4.49. The SMILES string of the molecule is CCC1(C)c2ccc3c4c(ccc(c24)-c2ccc4c5c(ccc1c25)C(O)(C(=O)O)CC4(C)C(=O)O)C(=O)OC3=O. The smallest absolute Gasteiger partial charge is 0.346 e. The van der Waals surface area contributed by atoms with E-state index in [1.165, 1.54) is 6.92 Å². The van der Waals surface area contributed by atoms with Crippen molar-refractivity contribution >= 4 is 45.4 Å². The minimum Gasteiger partial charge on any atom is -0.481 e. The maximum Gasteiger partial charge on any atom is 0.346 e. The molecule has 200 valence electrons. The quantitative estimate of drug-likeness (QED) is 0.245. The molecule has 2 aliphatic carbocycles. The van der Waals surface area contributed by atoms with Crippen LogP contribution in [0.3, 0.4) is 0 Å². The number of carbonyl (C=O) groups excluding carboxylic acids is 2. The summed E-state index contributed by atoms with van der Waals surface area (Å²) in [6, 6.07) is 13.9. The molecule has 1 heterocycles. The zero-order valence-corrected chi connectivity index (χ0v) is 21.9. The number of fused-ring (bicyclic) bond motifs is 1. The van der Waals surface area contributed by atoms with Gasteiger partial charge in [0.25, 0.3) is 0 Å². The van der Waals surface area contributed by atoms with Crippen LogP contribution in [0.15, 0.2) is 48.5 Å². The van der Waals surface area contributed by atoms with Gasteiger partial charge in [0.1, 0.15) is 0 Å². The van der Waals surface area contributed by atoms with Crippen molar-refractivity contribution in [1.82, 2.24) is 0 Å². The first-order valence-electron chi connectivity index (χ1n) is 13.1. The maximum atomic E-state index is 12.8. The number of ether oxygens (including phenoxy) is 1. The van der Waals surface area contributed by atoms with E-state index in [9.17, 15) is 34.5 Å². The first-order chi connectivity index (χ1) is 18.9. The van der Waals surface area contributed by atoms with Crippen molar-refractivity contribution in [2.24, 2.45) is 0 Å². The summed E-state index contributed by atoms with van der Waals surface area (Å²) >= 11 is 0. The van der Waals surface area contributed by atoms with Crippen LogP contribution in [0.25, 0.3) is 32.7 Å². The van der Waals surface area contributed by atoms with Crippen LogP contribution in [-0.2, 0) is 30.8 Å². The Morgan fingerprint density at radius 3 is 1.75 bits per heavy atom. The van der Waals surface area contributed by atoms with Crippen molar-refractivity contribution in [2.75, 3.05) is 0 Å². The summed E-state index contributed by atoms with van der Waals surface area (Å²) < 4.78 is 4.99. The molecule has 0 bridgehead atoms. The number of esters is 2. The minimum absolute atomic E-state index is 0.146. The Morgan fingerprint density at radius 2 is 1.18 bits per heavy atom. The lowest BCUT2D eigenvalue weighted by atomic mass is 9.62. The highest BCUT2D eigenvalue weighted by Crippen LogP contribution is 2.57. The van der Waals surface area contributed by atoms with Gasteiger partial charge >= 0.3 is 23.9 Å². The summed E-state index contributed by atoms with van der Waals surface area (Å²) in [5.74, 6) is -4.19. The van der Waals surface area contributed by atoms with Crippen molar-refractivity contribution in [2.45, 2.75) is 50.0 Å². The fraction of sp³-hybridized carbons (Fsp3) is 0.250. The van der Waals surface area contributed by atoms with Gasteiger partial charge in [0.15, 0.2) is 5.60 Å². The minimum atomic E-state index is -2.43. The van der Waals surface area contributed by atoms with Crippen LogP contribution in [0.5, 0.6) is 0 Å². The van der Waals surface area contributed by atoms with E-state index in [0.717, 1.165) is 22.1 Å². The zero-order chi connectivity index (χ0) is 28.5. The number of benzene rings is 4. The third-order valence-corrected chi connectivity index (χ3v) is 9.61. The van der Waals surface area contributed by atoms with Crippen molar-refractivity contribution in [3.05, 3.63) is 81.9 Å². The van der Waals surface area contributed by atoms with Gasteiger partial charge in [-0.15, -0.1) is 0 Å². The monoisotopic (exact) mass is 536 g/mol. The van der Waals surface area contributed by atoms with Crippen LogP contribution in [-0.4, -0.2) is 39.2 Å². The fourth-order valence-electron chi connectivity index (χ4n) is 7.31. The summed E-state index contributed by atoms with van der Waals surface area (Å²) in [4.78, 5) is 50.7. The van der Waals surface area contributed by atoms with E-state index in [0.29, 0.717) is 33.7 Å². The van der Waals surface area contributed by atoms with E-state index in [2.05, 4.69) is 0 Å². The molecule has 4 aromatic carbocycles. The molecule has 0 fully saturated rings. The molecule has 0 radical (unpaired) electrons. The topological polar surface area (TPSA) is 138 Å². The van der Waals surface area contributed by atoms with Crippen molar-refractivity contribution in [3.8, 4) is 11.1 Å². The highest BCUT2D eigenvalue weighted by atomic mass is 16.6. The van der Waals surface area contributed by atoms with Crippen molar-refractivity contribution in [1.29, 1.82) is 0 Å². The van der Waals surface area contributed by atoms with E-state index in [4.69, 9.17) is 4.74 Å². The molecule has 0 saturated carbocycles. The molecule has 8 heteroatoms. The molecule has 0 spiro atoms. The van der Waals surface area contributed by atoms with Crippen molar-refractivity contribution in [3.63, 3.8) is 0 Å². The number of cyclic esters (lactones) is 2. The predicted molar refractivity (Wildman–Crippen MR) is 145 cm³/mol. The van der Waals surface area contributed by atoms with E-state index in [-0.39, 0.29) is 16.7 Å². The third kappa shape index (κ3) is 2.60. The Morgan fingerprint density at radius 1 is 0.700 bits per heavy atom. The summed E-state index contributed by atoms with van der Waals surface area (Å²) in [5.41, 5.74) is -0.500. The van der Waals surface area contributed by atoms with E-state index < -0.39 is 46.7 Å². The number of carbonyl (C=O) groups is 4. The van der Waals surface area contributed by atoms with E-state index in [1.54, 1.807) is 30.3 Å². The molecule has 0 aromatic heterocycles. The molecular formula is C32H24O8. The van der Waals surface area contributed by atoms with Crippen LogP contribution in [0.1, 0.15) is 76.6 Å². The molecule has 8 nitrogen and oxygen atoms in total. The maximum absolute atomic E-state index is 12.8. The number of rotatable bonds is 3. The van der Waals surface area contributed by atoms with E-state index in [1.807, 2.05) is 32.0 Å². The van der Waals surface area contributed by atoms with Gasteiger partial charge in [-0.3, -0.25) is 4.79 Å². The molecule has 3 atom stereocenters. The summed E-state index contributed by atoms with van der Waals surface area (Å²) in [6.07, 6.45) is 0.0737. The lowest BCUT2D eigenvalue weighted by Gasteiger charge is -2.41. The second-order valence-electron chi connectivity index (χ2n) is 11.5. The van der Waals surface area contributed by atoms with Gasteiger partial charge in [-0.2, -0.15) is 0 Å². The molecule has 40 heavy (non-hydrogen) atoms. The molecule has 4 aromatic rings. The van der Waals surface area contributed by atoms with Gasteiger partial charge < -0.3 is 20.1 Å². The molecule has 7 rings (SSSR count). The third-order valence-electron chi connectivity index (χ3n) is 9.61. The second kappa shape index (κ2) is 7.34. The van der Waals surface area contributed by atoms with Crippen LogP contribution in [0.4, 0.5) is 0 Å². The molecule has 3 N–H and O–H groups in total. The highest BCUT2D eigenvalue weighted by molar-refractivity contribution is 6.25. The predicted octanol–water partition coefficient (Wildman–Crippen LogP) is 5.02.